The van der Waals surface area contributed by atoms with Crippen molar-refractivity contribution < 1.29 is 14.3 Å². The van der Waals surface area contributed by atoms with Gasteiger partial charge in [0.15, 0.2) is 0 Å². The zero-order chi connectivity index (χ0) is 24.9. The molecule has 0 aliphatic carbocycles. The summed E-state index contributed by atoms with van der Waals surface area (Å²) in [4.78, 5) is 12.6. The topological polar surface area (TPSA) is 53.7 Å². The quantitative estimate of drug-likeness (QED) is 0.212. The molecule has 0 aliphatic heterocycles. The molecule has 0 amide bonds. The largest absolute Gasteiger partial charge is 0.475 e. The summed E-state index contributed by atoms with van der Waals surface area (Å²) >= 11 is 1.69. The van der Waals surface area contributed by atoms with Gasteiger partial charge in [-0.1, -0.05) is 78.9 Å². The van der Waals surface area contributed by atoms with Crippen LogP contribution < -0.4 is 0 Å². The second kappa shape index (κ2) is 10.9. The van der Waals surface area contributed by atoms with Crippen molar-refractivity contribution in [1.29, 1.82) is 0 Å². The minimum atomic E-state index is -1.04. The van der Waals surface area contributed by atoms with E-state index in [0.717, 1.165) is 29.8 Å². The van der Waals surface area contributed by atoms with Crippen LogP contribution in [0.3, 0.4) is 0 Å². The lowest BCUT2D eigenvalue weighted by atomic mass is 10.0. The van der Waals surface area contributed by atoms with Crippen LogP contribution in [0.15, 0.2) is 112 Å². The maximum Gasteiger partial charge on any atom is 0.372 e. The van der Waals surface area contributed by atoms with E-state index in [1.54, 1.807) is 18.9 Å². The van der Waals surface area contributed by atoms with Crippen LogP contribution in [-0.2, 0) is 13.0 Å². The van der Waals surface area contributed by atoms with E-state index in [9.17, 15) is 9.90 Å². The molecule has 0 bridgehead atoms. The number of hydrogen-bond donors (Lipinski definition) is 1. The normalized spacial score (nSPS) is 11.3. The predicted octanol–water partition coefficient (Wildman–Crippen LogP) is 7.86. The van der Waals surface area contributed by atoms with Crippen molar-refractivity contribution in [2.45, 2.75) is 24.8 Å². The first-order valence-electron chi connectivity index (χ1n) is 11.9. The van der Waals surface area contributed by atoms with Crippen molar-refractivity contribution in [3.63, 3.8) is 0 Å². The van der Waals surface area contributed by atoms with Gasteiger partial charge in [0.1, 0.15) is 5.58 Å². The predicted molar refractivity (Wildman–Crippen MR) is 146 cm³/mol. The van der Waals surface area contributed by atoms with Crippen LogP contribution in [0.4, 0.5) is 0 Å². The van der Waals surface area contributed by atoms with Gasteiger partial charge in [0.25, 0.3) is 0 Å². The lowest BCUT2D eigenvalue weighted by Crippen LogP contribution is -2.18. The fourth-order valence-electron chi connectivity index (χ4n) is 4.35. The van der Waals surface area contributed by atoms with E-state index in [1.165, 1.54) is 22.3 Å². The molecule has 0 saturated carbocycles. The molecule has 36 heavy (non-hydrogen) atoms. The van der Waals surface area contributed by atoms with Gasteiger partial charge in [-0.25, -0.2) is 9.10 Å². The van der Waals surface area contributed by atoms with Gasteiger partial charge in [-0.2, -0.15) is 0 Å². The van der Waals surface area contributed by atoms with E-state index < -0.39 is 5.97 Å². The summed E-state index contributed by atoms with van der Waals surface area (Å²) in [7, 11) is 0. The first-order chi connectivity index (χ1) is 17.6. The molecule has 0 atom stereocenters. The smallest absolute Gasteiger partial charge is 0.372 e. The summed E-state index contributed by atoms with van der Waals surface area (Å²) in [5.74, 6) is -1.04. The maximum atomic E-state index is 11.5. The molecule has 1 heterocycles. The fourth-order valence-corrected chi connectivity index (χ4v) is 5.34. The van der Waals surface area contributed by atoms with Crippen LogP contribution in [0.1, 0.15) is 27.2 Å². The Labute approximate surface area is 215 Å². The number of carboxylic acids is 1. The third-order valence-electron chi connectivity index (χ3n) is 6.22. The molecule has 0 unspecified atom stereocenters. The van der Waals surface area contributed by atoms with Crippen molar-refractivity contribution in [3.05, 3.63) is 126 Å². The Morgan fingerprint density at radius 3 is 2.28 bits per heavy atom. The Hall–Kier alpha value is -3.80. The second-order valence-corrected chi connectivity index (χ2v) is 9.95. The Morgan fingerprint density at radius 2 is 1.53 bits per heavy atom. The number of benzene rings is 4. The molecule has 5 aromatic rings. The molecule has 5 heteroatoms. The molecule has 0 spiro atoms. The highest BCUT2D eigenvalue weighted by Gasteiger charge is 2.18. The Morgan fingerprint density at radius 1 is 0.833 bits per heavy atom. The summed E-state index contributed by atoms with van der Waals surface area (Å²) < 4.78 is 7.92. The summed E-state index contributed by atoms with van der Waals surface area (Å²) in [6.07, 6.45) is 0.933. The SMILES string of the molecule is Cc1c(C(=O)O)oc2ccc(SN(CCc3ccccc3)Cc3cccc(-c4ccccc4)c3)cc12. The monoisotopic (exact) mass is 493 g/mol. The van der Waals surface area contributed by atoms with Gasteiger partial charge in [-0.3, -0.25) is 0 Å². The highest BCUT2D eigenvalue weighted by Crippen LogP contribution is 2.32. The Bertz CT molecular complexity index is 1480. The summed E-state index contributed by atoms with van der Waals surface area (Å²) in [5.41, 5.74) is 6.21. The molecular formula is C31H27NO3S. The van der Waals surface area contributed by atoms with Crippen LogP contribution in [0.25, 0.3) is 22.1 Å². The first-order valence-corrected chi connectivity index (χ1v) is 12.7. The van der Waals surface area contributed by atoms with E-state index in [-0.39, 0.29) is 5.76 Å². The minimum Gasteiger partial charge on any atom is -0.475 e. The van der Waals surface area contributed by atoms with Gasteiger partial charge < -0.3 is 9.52 Å². The second-order valence-electron chi connectivity index (χ2n) is 8.78. The van der Waals surface area contributed by atoms with Crippen molar-refractivity contribution >= 4 is 28.9 Å². The Balaban J connectivity index is 1.41. The molecule has 0 fully saturated rings. The number of aryl methyl sites for hydroxylation is 1. The van der Waals surface area contributed by atoms with Crippen LogP contribution in [0.2, 0.25) is 0 Å². The number of nitrogens with zero attached hydrogens (tertiary/aromatic N) is 1. The highest BCUT2D eigenvalue weighted by atomic mass is 32.2. The van der Waals surface area contributed by atoms with Crippen LogP contribution in [0, 0.1) is 6.92 Å². The molecule has 5 rings (SSSR count). The summed E-state index contributed by atoms with van der Waals surface area (Å²) in [6, 6.07) is 35.5. The summed E-state index contributed by atoms with van der Waals surface area (Å²) in [5, 5.41) is 10.3. The Kier molecular flexibility index (Phi) is 7.21. The third-order valence-corrected chi connectivity index (χ3v) is 7.26. The molecule has 1 N–H and O–H groups in total. The zero-order valence-corrected chi connectivity index (χ0v) is 20.9. The maximum absolute atomic E-state index is 11.5. The standard InChI is InChI=1S/C31H27NO3S/c1-22-28-20-27(15-16-29(28)35-30(22)31(33)34)36-32(18-17-23-9-4-2-5-10-23)21-24-11-8-14-26(19-24)25-12-6-3-7-13-25/h2-16,19-20H,17-18,21H2,1H3,(H,33,34). The van der Waals surface area contributed by atoms with Crippen molar-refractivity contribution in [3.8, 4) is 11.1 Å². The van der Waals surface area contributed by atoms with Crippen molar-refractivity contribution in [1.82, 2.24) is 4.31 Å². The third kappa shape index (κ3) is 5.54. The van der Waals surface area contributed by atoms with Crippen LogP contribution >= 0.6 is 11.9 Å². The molecule has 4 aromatic carbocycles. The number of fused-ring (bicyclic) bond motifs is 1. The van der Waals surface area contributed by atoms with Gasteiger partial charge in [-0.05, 0) is 71.8 Å². The highest BCUT2D eigenvalue weighted by molar-refractivity contribution is 7.97. The number of carbonyl (C=O) groups is 1. The fraction of sp³-hybridized carbons (Fsp3) is 0.129. The molecule has 180 valence electrons. The molecule has 0 saturated heterocycles. The summed E-state index contributed by atoms with van der Waals surface area (Å²) in [6.45, 7) is 3.44. The van der Waals surface area contributed by atoms with E-state index in [1.807, 2.05) is 30.3 Å². The lowest BCUT2D eigenvalue weighted by Gasteiger charge is -2.22. The van der Waals surface area contributed by atoms with Gasteiger partial charge >= 0.3 is 5.97 Å². The van der Waals surface area contributed by atoms with Gasteiger partial charge in [-0.15, -0.1) is 0 Å². The van der Waals surface area contributed by atoms with E-state index in [0.29, 0.717) is 11.1 Å². The number of furan rings is 1. The average Bonchev–Trinajstić information content (AvgIpc) is 3.24. The van der Waals surface area contributed by atoms with E-state index in [2.05, 4.69) is 77.1 Å². The molecular weight excluding hydrogens is 466 g/mol. The molecule has 4 nitrogen and oxygen atoms in total. The van der Waals surface area contributed by atoms with Gasteiger partial charge in [0, 0.05) is 28.9 Å². The number of carboxylic acid groups (broad SMARTS) is 1. The average molecular weight is 494 g/mol. The van der Waals surface area contributed by atoms with Crippen LogP contribution in [-0.4, -0.2) is 21.9 Å². The number of rotatable bonds is 9. The molecule has 1 aromatic heterocycles. The molecule has 0 aliphatic rings. The van der Waals surface area contributed by atoms with Crippen molar-refractivity contribution in [2.24, 2.45) is 0 Å². The van der Waals surface area contributed by atoms with Gasteiger partial charge in [0.2, 0.25) is 5.76 Å². The van der Waals surface area contributed by atoms with Crippen LogP contribution in [0.5, 0.6) is 0 Å². The zero-order valence-electron chi connectivity index (χ0n) is 20.1. The van der Waals surface area contributed by atoms with E-state index >= 15 is 0 Å². The van der Waals surface area contributed by atoms with Gasteiger partial charge in [0.05, 0.1) is 0 Å². The number of aromatic carboxylic acids is 1. The van der Waals surface area contributed by atoms with Crippen molar-refractivity contribution in [2.75, 3.05) is 6.54 Å². The molecule has 0 radical (unpaired) electrons. The first kappa shape index (κ1) is 23.9. The van der Waals surface area contributed by atoms with E-state index in [4.69, 9.17) is 4.42 Å². The minimum absolute atomic E-state index is 0.00538. The lowest BCUT2D eigenvalue weighted by molar-refractivity contribution is 0.0664. The number of hydrogen-bond acceptors (Lipinski definition) is 4.